The summed E-state index contributed by atoms with van der Waals surface area (Å²) < 4.78 is 25.1. The summed E-state index contributed by atoms with van der Waals surface area (Å²) in [5, 5.41) is 0. The molecule has 0 aliphatic heterocycles. The second-order valence-electron chi connectivity index (χ2n) is 3.59. The number of carbonyl (C=O) groups is 2. The standard InChI is InChI=1S/C12H22O7S2/c13-11(9-20)18-7-5-16-3-1-15-2-4-17-6-8-19-12(14)10-21/h20-21H,1-10H2. The summed E-state index contributed by atoms with van der Waals surface area (Å²) in [6, 6.07) is 0. The first-order valence-electron chi connectivity index (χ1n) is 6.47. The van der Waals surface area contributed by atoms with Crippen LogP contribution in [-0.4, -0.2) is 76.3 Å². The van der Waals surface area contributed by atoms with Crippen LogP contribution in [0.5, 0.6) is 0 Å². The lowest BCUT2D eigenvalue weighted by Crippen LogP contribution is -2.15. The fraction of sp³-hybridized carbons (Fsp3) is 0.833. The zero-order valence-electron chi connectivity index (χ0n) is 11.8. The third-order valence-electron chi connectivity index (χ3n) is 1.98. The molecule has 0 aromatic carbocycles. The number of hydrogen-bond acceptors (Lipinski definition) is 9. The van der Waals surface area contributed by atoms with Gasteiger partial charge in [0, 0.05) is 0 Å². The topological polar surface area (TPSA) is 80.3 Å². The Morgan fingerprint density at radius 1 is 0.571 bits per heavy atom. The van der Waals surface area contributed by atoms with Crippen molar-refractivity contribution in [2.75, 3.05) is 64.4 Å². The van der Waals surface area contributed by atoms with E-state index in [0.29, 0.717) is 39.6 Å². The van der Waals surface area contributed by atoms with Crippen molar-refractivity contribution in [3.63, 3.8) is 0 Å². The average Bonchev–Trinajstić information content (AvgIpc) is 2.51. The monoisotopic (exact) mass is 342 g/mol. The highest BCUT2D eigenvalue weighted by atomic mass is 32.1. The van der Waals surface area contributed by atoms with Crippen LogP contribution in [0.2, 0.25) is 0 Å². The quantitative estimate of drug-likeness (QED) is 0.261. The van der Waals surface area contributed by atoms with E-state index in [1.54, 1.807) is 0 Å². The Balaban J connectivity index is 3.06. The molecule has 0 amide bonds. The second-order valence-corrected chi connectivity index (χ2v) is 4.23. The van der Waals surface area contributed by atoms with Gasteiger partial charge in [-0.2, -0.15) is 25.3 Å². The number of carbonyl (C=O) groups excluding carboxylic acids is 2. The lowest BCUT2D eigenvalue weighted by Gasteiger charge is -2.07. The molecule has 0 saturated carbocycles. The molecule has 0 unspecified atom stereocenters. The zero-order valence-corrected chi connectivity index (χ0v) is 13.6. The number of hydrogen-bond donors (Lipinski definition) is 2. The van der Waals surface area contributed by atoms with Crippen LogP contribution in [0, 0.1) is 0 Å². The minimum absolute atomic E-state index is 0.0664. The van der Waals surface area contributed by atoms with Gasteiger partial charge < -0.3 is 23.7 Å². The lowest BCUT2D eigenvalue weighted by atomic mass is 10.7. The van der Waals surface area contributed by atoms with Gasteiger partial charge in [0.1, 0.15) is 13.2 Å². The first-order valence-corrected chi connectivity index (χ1v) is 7.73. The molecule has 0 spiro atoms. The van der Waals surface area contributed by atoms with Crippen LogP contribution in [0.1, 0.15) is 0 Å². The van der Waals surface area contributed by atoms with Gasteiger partial charge in [0.15, 0.2) is 0 Å². The molecule has 0 atom stereocenters. The Morgan fingerprint density at radius 2 is 0.857 bits per heavy atom. The summed E-state index contributed by atoms with van der Waals surface area (Å²) in [6.45, 7) is 2.78. The molecule has 0 bridgehead atoms. The van der Waals surface area contributed by atoms with Crippen molar-refractivity contribution >= 4 is 37.2 Å². The van der Waals surface area contributed by atoms with Crippen molar-refractivity contribution < 1.29 is 33.3 Å². The van der Waals surface area contributed by atoms with Gasteiger partial charge in [-0.3, -0.25) is 9.59 Å². The van der Waals surface area contributed by atoms with E-state index in [-0.39, 0.29) is 36.7 Å². The largest absolute Gasteiger partial charge is 0.463 e. The third-order valence-corrected chi connectivity index (χ3v) is 2.50. The fourth-order valence-corrected chi connectivity index (χ4v) is 1.24. The van der Waals surface area contributed by atoms with Crippen molar-refractivity contribution in [1.82, 2.24) is 0 Å². The minimum Gasteiger partial charge on any atom is -0.463 e. The molecule has 0 N–H and O–H groups in total. The highest BCUT2D eigenvalue weighted by Gasteiger charge is 1.99. The highest BCUT2D eigenvalue weighted by Crippen LogP contribution is 1.86. The summed E-state index contributed by atoms with van der Waals surface area (Å²) in [7, 11) is 0. The molecule has 9 heteroatoms. The van der Waals surface area contributed by atoms with Crippen molar-refractivity contribution in [2.45, 2.75) is 0 Å². The van der Waals surface area contributed by atoms with E-state index in [9.17, 15) is 9.59 Å². The first kappa shape index (κ1) is 20.5. The van der Waals surface area contributed by atoms with Crippen molar-refractivity contribution in [3.8, 4) is 0 Å². The van der Waals surface area contributed by atoms with Crippen molar-refractivity contribution in [3.05, 3.63) is 0 Å². The molecule has 7 nitrogen and oxygen atoms in total. The Labute approximate surface area is 135 Å². The molecule has 0 saturated heterocycles. The second kappa shape index (κ2) is 15.9. The van der Waals surface area contributed by atoms with Crippen LogP contribution in [0.4, 0.5) is 0 Å². The Bertz CT molecular complexity index is 250. The van der Waals surface area contributed by atoms with Crippen LogP contribution < -0.4 is 0 Å². The molecule has 0 aromatic heterocycles. The summed E-state index contributed by atoms with van der Waals surface area (Å²) in [5.74, 6) is -0.598. The number of esters is 2. The van der Waals surface area contributed by atoms with E-state index in [0.717, 1.165) is 0 Å². The maximum absolute atomic E-state index is 10.7. The molecular formula is C12H22O7S2. The number of ether oxygens (including phenoxy) is 5. The predicted molar refractivity (Wildman–Crippen MR) is 82.1 cm³/mol. The number of rotatable bonds is 14. The molecule has 0 rings (SSSR count). The minimum atomic E-state index is -0.365. The maximum Gasteiger partial charge on any atom is 0.315 e. The molecule has 0 aliphatic rings. The van der Waals surface area contributed by atoms with Crippen LogP contribution in [0.25, 0.3) is 0 Å². The molecule has 124 valence electrons. The van der Waals surface area contributed by atoms with Crippen molar-refractivity contribution in [1.29, 1.82) is 0 Å². The average molecular weight is 342 g/mol. The van der Waals surface area contributed by atoms with Gasteiger partial charge in [-0.25, -0.2) is 0 Å². The first-order chi connectivity index (χ1) is 10.2. The van der Waals surface area contributed by atoms with Gasteiger partial charge >= 0.3 is 11.9 Å². The highest BCUT2D eigenvalue weighted by molar-refractivity contribution is 7.81. The van der Waals surface area contributed by atoms with Gasteiger partial charge in [-0.15, -0.1) is 0 Å². The molecule has 0 heterocycles. The van der Waals surface area contributed by atoms with Gasteiger partial charge in [0.05, 0.1) is 51.1 Å². The zero-order chi connectivity index (χ0) is 15.8. The smallest absolute Gasteiger partial charge is 0.315 e. The van der Waals surface area contributed by atoms with Crippen LogP contribution in [0.3, 0.4) is 0 Å². The van der Waals surface area contributed by atoms with Crippen LogP contribution >= 0.6 is 25.3 Å². The normalized spacial score (nSPS) is 10.4. The lowest BCUT2D eigenvalue weighted by molar-refractivity contribution is -0.142. The molecule has 0 aliphatic carbocycles. The van der Waals surface area contributed by atoms with E-state index in [4.69, 9.17) is 23.7 Å². The molecule has 0 radical (unpaired) electrons. The summed E-state index contributed by atoms with van der Waals surface area (Å²) in [6.07, 6.45) is 0. The summed E-state index contributed by atoms with van der Waals surface area (Å²) in [4.78, 5) is 21.4. The van der Waals surface area contributed by atoms with E-state index in [1.165, 1.54) is 0 Å². The molecule has 21 heavy (non-hydrogen) atoms. The Morgan fingerprint density at radius 3 is 1.14 bits per heavy atom. The maximum atomic E-state index is 10.7. The van der Waals surface area contributed by atoms with Gasteiger partial charge in [0.25, 0.3) is 0 Å². The van der Waals surface area contributed by atoms with Crippen LogP contribution in [0.15, 0.2) is 0 Å². The van der Waals surface area contributed by atoms with Crippen molar-refractivity contribution in [2.24, 2.45) is 0 Å². The van der Waals surface area contributed by atoms with E-state index in [1.807, 2.05) is 0 Å². The molecular weight excluding hydrogens is 320 g/mol. The van der Waals surface area contributed by atoms with Gasteiger partial charge in [-0.1, -0.05) is 0 Å². The third kappa shape index (κ3) is 15.7. The Hall–Kier alpha value is -0.480. The van der Waals surface area contributed by atoms with Gasteiger partial charge in [0.2, 0.25) is 0 Å². The SMILES string of the molecule is O=C(CS)OCCOCCOCCOCCOC(=O)CS. The summed E-state index contributed by atoms with van der Waals surface area (Å²) >= 11 is 7.54. The van der Waals surface area contributed by atoms with E-state index < -0.39 is 0 Å². The van der Waals surface area contributed by atoms with Crippen LogP contribution in [-0.2, 0) is 33.3 Å². The fourth-order valence-electron chi connectivity index (χ4n) is 1.06. The Kier molecular flexibility index (Phi) is 15.5. The van der Waals surface area contributed by atoms with E-state index >= 15 is 0 Å². The molecule has 0 aromatic rings. The molecule has 0 fully saturated rings. The van der Waals surface area contributed by atoms with Gasteiger partial charge in [-0.05, 0) is 0 Å². The predicted octanol–water partition coefficient (Wildman–Crippen LogP) is -0.0178. The number of thiol groups is 2. The van der Waals surface area contributed by atoms with E-state index in [2.05, 4.69) is 25.3 Å². The summed E-state index contributed by atoms with van der Waals surface area (Å²) in [5.41, 5.74) is 0.